The number of hydrogen-bond donors (Lipinski definition) is 1. The molecule has 1 rings (SSSR count). The van der Waals surface area contributed by atoms with Crippen LogP contribution in [0.3, 0.4) is 0 Å². The Hall–Kier alpha value is -0.610. The minimum atomic E-state index is -0.283. The van der Waals surface area contributed by atoms with Gasteiger partial charge >= 0.3 is 5.97 Å². The maximum Gasteiger partial charge on any atom is 0.332 e. The van der Waals surface area contributed by atoms with Crippen molar-refractivity contribution in [2.45, 2.75) is 32.4 Å². The van der Waals surface area contributed by atoms with Gasteiger partial charge < -0.3 is 9.47 Å². The van der Waals surface area contributed by atoms with Gasteiger partial charge in [-0.15, -0.1) is 0 Å². The Kier molecular flexibility index (Phi) is 4.78. The fourth-order valence-corrected chi connectivity index (χ4v) is 1.33. The molecule has 0 aromatic rings. The lowest BCUT2D eigenvalue weighted by Crippen LogP contribution is -2.37. The lowest BCUT2D eigenvalue weighted by Gasteiger charge is -2.22. The van der Waals surface area contributed by atoms with E-state index in [4.69, 9.17) is 9.47 Å². The summed E-state index contributed by atoms with van der Waals surface area (Å²) in [4.78, 5) is 10.9. The molecule has 1 fully saturated rings. The predicted octanol–water partition coefficient (Wildman–Crippen LogP) is 0.666. The van der Waals surface area contributed by atoms with Gasteiger partial charge in [-0.25, -0.2) is 4.79 Å². The van der Waals surface area contributed by atoms with Gasteiger partial charge in [-0.2, -0.15) is 0 Å². The van der Waals surface area contributed by atoms with Crippen molar-refractivity contribution in [3.05, 3.63) is 0 Å². The molecule has 4 nitrogen and oxygen atoms in total. The minimum absolute atomic E-state index is 0.0400. The topological polar surface area (TPSA) is 47.6 Å². The van der Waals surface area contributed by atoms with Crippen LogP contribution < -0.4 is 5.32 Å². The van der Waals surface area contributed by atoms with Crippen molar-refractivity contribution in [2.75, 3.05) is 19.8 Å². The predicted molar refractivity (Wildman–Crippen MR) is 48.2 cm³/mol. The van der Waals surface area contributed by atoms with Crippen molar-refractivity contribution in [3.63, 3.8) is 0 Å². The van der Waals surface area contributed by atoms with Crippen LogP contribution in [0, 0.1) is 0 Å². The third-order valence-electron chi connectivity index (χ3n) is 1.97. The van der Waals surface area contributed by atoms with Crippen molar-refractivity contribution < 1.29 is 14.3 Å². The number of piperidine rings is 1. The van der Waals surface area contributed by atoms with E-state index in [-0.39, 0.29) is 18.8 Å². The highest BCUT2D eigenvalue weighted by Gasteiger charge is 2.14. The molecule has 0 bridgehead atoms. The number of carbonyl (C=O) groups excluding carboxylic acids is 1. The van der Waals surface area contributed by atoms with Crippen molar-refractivity contribution in [3.8, 4) is 0 Å². The molecule has 76 valence electrons. The summed E-state index contributed by atoms with van der Waals surface area (Å²) in [6.45, 7) is 3.25. The van der Waals surface area contributed by atoms with Crippen LogP contribution in [0.2, 0.25) is 0 Å². The Morgan fingerprint density at radius 1 is 1.54 bits per heavy atom. The zero-order chi connectivity index (χ0) is 9.52. The van der Waals surface area contributed by atoms with E-state index in [1.807, 2.05) is 0 Å². The molecule has 13 heavy (non-hydrogen) atoms. The molecule has 0 spiro atoms. The van der Waals surface area contributed by atoms with Gasteiger partial charge in [-0.1, -0.05) is 0 Å². The van der Waals surface area contributed by atoms with Gasteiger partial charge in [0, 0.05) is 0 Å². The molecule has 0 radical (unpaired) electrons. The molecule has 0 saturated carbocycles. The monoisotopic (exact) mass is 187 g/mol. The summed E-state index contributed by atoms with van der Waals surface area (Å²) in [5.74, 6) is -0.283. The van der Waals surface area contributed by atoms with Gasteiger partial charge in [-0.3, -0.25) is 5.32 Å². The largest absolute Gasteiger partial charge is 0.464 e. The van der Waals surface area contributed by atoms with E-state index in [9.17, 15) is 4.79 Å². The SMILES string of the molecule is CCOC(=O)COC1CCCCN1. The second kappa shape index (κ2) is 5.94. The number of ether oxygens (including phenoxy) is 2. The maximum atomic E-state index is 10.9. The Bertz CT molecular complexity index is 155. The van der Waals surface area contributed by atoms with Crippen LogP contribution >= 0.6 is 0 Å². The first kappa shape index (κ1) is 10.5. The van der Waals surface area contributed by atoms with Crippen molar-refractivity contribution >= 4 is 5.97 Å². The zero-order valence-electron chi connectivity index (χ0n) is 8.04. The first-order chi connectivity index (χ1) is 6.33. The fourth-order valence-electron chi connectivity index (χ4n) is 1.33. The van der Waals surface area contributed by atoms with E-state index in [2.05, 4.69) is 5.32 Å². The van der Waals surface area contributed by atoms with E-state index in [1.54, 1.807) is 6.92 Å². The molecule has 1 aliphatic rings. The first-order valence-corrected chi connectivity index (χ1v) is 4.83. The minimum Gasteiger partial charge on any atom is -0.464 e. The van der Waals surface area contributed by atoms with Gasteiger partial charge in [0.2, 0.25) is 0 Å². The van der Waals surface area contributed by atoms with Crippen molar-refractivity contribution in [1.29, 1.82) is 0 Å². The molecule has 0 aromatic heterocycles. The molecule has 4 heteroatoms. The number of hydrogen-bond acceptors (Lipinski definition) is 4. The van der Waals surface area contributed by atoms with Gasteiger partial charge in [0.05, 0.1) is 6.61 Å². The van der Waals surface area contributed by atoms with Gasteiger partial charge in [-0.05, 0) is 32.7 Å². The summed E-state index contributed by atoms with van der Waals surface area (Å²) < 4.78 is 10.1. The van der Waals surface area contributed by atoms with Crippen LogP contribution in [0.5, 0.6) is 0 Å². The Labute approximate surface area is 78.6 Å². The van der Waals surface area contributed by atoms with Crippen LogP contribution in [0.15, 0.2) is 0 Å². The maximum absolute atomic E-state index is 10.9. The summed E-state index contributed by atoms with van der Waals surface area (Å²) in [7, 11) is 0. The van der Waals surface area contributed by atoms with Gasteiger partial charge in [0.1, 0.15) is 12.8 Å². The second-order valence-corrected chi connectivity index (χ2v) is 3.05. The number of rotatable bonds is 4. The summed E-state index contributed by atoms with van der Waals surface area (Å²) in [5.41, 5.74) is 0. The Morgan fingerprint density at radius 2 is 2.38 bits per heavy atom. The third-order valence-corrected chi connectivity index (χ3v) is 1.97. The molecule has 0 aromatic carbocycles. The van der Waals surface area contributed by atoms with E-state index >= 15 is 0 Å². The lowest BCUT2D eigenvalue weighted by molar-refractivity contribution is -0.151. The van der Waals surface area contributed by atoms with E-state index in [1.165, 1.54) is 12.8 Å². The molecule has 1 N–H and O–H groups in total. The summed E-state index contributed by atoms with van der Waals surface area (Å²) >= 11 is 0. The van der Waals surface area contributed by atoms with Crippen LogP contribution in [0.4, 0.5) is 0 Å². The summed E-state index contributed by atoms with van der Waals surface area (Å²) in [6, 6.07) is 0. The third kappa shape index (κ3) is 4.24. The van der Waals surface area contributed by atoms with Crippen molar-refractivity contribution in [1.82, 2.24) is 5.32 Å². The normalized spacial score (nSPS) is 22.7. The van der Waals surface area contributed by atoms with Gasteiger partial charge in [0.25, 0.3) is 0 Å². The fraction of sp³-hybridized carbons (Fsp3) is 0.889. The van der Waals surface area contributed by atoms with E-state index in [0.717, 1.165) is 13.0 Å². The molecule has 1 heterocycles. The Morgan fingerprint density at radius 3 is 3.00 bits per heavy atom. The lowest BCUT2D eigenvalue weighted by atomic mass is 10.1. The first-order valence-electron chi connectivity index (χ1n) is 4.83. The van der Waals surface area contributed by atoms with Crippen LogP contribution in [-0.2, 0) is 14.3 Å². The summed E-state index contributed by atoms with van der Waals surface area (Å²) in [6.07, 6.45) is 3.39. The molecule has 0 amide bonds. The van der Waals surface area contributed by atoms with Crippen LogP contribution in [-0.4, -0.2) is 32.0 Å². The standard InChI is InChI=1S/C9H17NO3/c1-2-12-9(11)7-13-8-5-3-4-6-10-8/h8,10H,2-7H2,1H3. The molecular formula is C9H17NO3. The Balaban J connectivity index is 2.06. The summed E-state index contributed by atoms with van der Waals surface area (Å²) in [5, 5.41) is 3.19. The molecular weight excluding hydrogens is 170 g/mol. The average molecular weight is 187 g/mol. The van der Waals surface area contributed by atoms with E-state index < -0.39 is 0 Å². The highest BCUT2D eigenvalue weighted by Crippen LogP contribution is 2.07. The molecule has 1 unspecified atom stereocenters. The average Bonchev–Trinajstić information content (AvgIpc) is 2.17. The van der Waals surface area contributed by atoms with Gasteiger partial charge in [0.15, 0.2) is 0 Å². The molecule has 1 atom stereocenters. The highest BCUT2D eigenvalue weighted by molar-refractivity contribution is 5.70. The van der Waals surface area contributed by atoms with Crippen LogP contribution in [0.25, 0.3) is 0 Å². The second-order valence-electron chi connectivity index (χ2n) is 3.05. The molecule has 0 aliphatic carbocycles. The quantitative estimate of drug-likeness (QED) is 0.657. The van der Waals surface area contributed by atoms with E-state index in [0.29, 0.717) is 6.61 Å². The van der Waals surface area contributed by atoms with Crippen LogP contribution in [0.1, 0.15) is 26.2 Å². The number of carbonyl (C=O) groups is 1. The molecule has 1 saturated heterocycles. The number of esters is 1. The zero-order valence-corrected chi connectivity index (χ0v) is 8.04. The highest BCUT2D eigenvalue weighted by atomic mass is 16.6. The number of nitrogens with one attached hydrogen (secondary N) is 1. The smallest absolute Gasteiger partial charge is 0.332 e. The van der Waals surface area contributed by atoms with Crippen molar-refractivity contribution in [2.24, 2.45) is 0 Å². The molecule has 1 aliphatic heterocycles.